The van der Waals surface area contributed by atoms with Crippen LogP contribution in [0.1, 0.15) is 26.3 Å². The summed E-state index contributed by atoms with van der Waals surface area (Å²) in [5.74, 6) is 0. The number of fused-ring (bicyclic) bond motifs is 1. The molecule has 0 radical (unpaired) electrons. The van der Waals surface area contributed by atoms with Gasteiger partial charge in [0.15, 0.2) is 5.71 Å². The van der Waals surface area contributed by atoms with Crippen LogP contribution in [0.5, 0.6) is 0 Å². The minimum Gasteiger partial charge on any atom is -0.618 e. The summed E-state index contributed by atoms with van der Waals surface area (Å²) in [7, 11) is 0. The van der Waals surface area contributed by atoms with Crippen molar-refractivity contribution in [2.45, 2.75) is 26.2 Å². The monoisotopic (exact) mass is 220 g/mol. The van der Waals surface area contributed by atoms with E-state index in [2.05, 4.69) is 0 Å². The van der Waals surface area contributed by atoms with Gasteiger partial charge in [0, 0.05) is 18.6 Å². The lowest BCUT2D eigenvalue weighted by Crippen LogP contribution is -2.24. The van der Waals surface area contributed by atoms with E-state index in [4.69, 9.17) is 0 Å². The number of nitrogens with zero attached hydrogens (tertiary/aromatic N) is 2. The molecular formula is C11H12N2O3. The Morgan fingerprint density at radius 1 is 1.38 bits per heavy atom. The minimum atomic E-state index is -0.491. The van der Waals surface area contributed by atoms with Gasteiger partial charge in [-0.05, 0) is 19.9 Å². The van der Waals surface area contributed by atoms with Gasteiger partial charge in [-0.1, -0.05) is 0 Å². The molecule has 2 rings (SSSR count). The van der Waals surface area contributed by atoms with E-state index < -0.39 is 4.92 Å². The minimum absolute atomic E-state index is 0.0508. The summed E-state index contributed by atoms with van der Waals surface area (Å²) >= 11 is 0. The average Bonchev–Trinajstić information content (AvgIpc) is 2.40. The number of nitro groups is 1. The highest BCUT2D eigenvalue weighted by atomic mass is 16.6. The van der Waals surface area contributed by atoms with Crippen LogP contribution in [-0.4, -0.2) is 15.4 Å². The molecule has 0 N–H and O–H groups in total. The molecule has 0 saturated heterocycles. The van der Waals surface area contributed by atoms with Gasteiger partial charge >= 0.3 is 0 Å². The molecule has 84 valence electrons. The van der Waals surface area contributed by atoms with Crippen molar-refractivity contribution in [2.75, 3.05) is 0 Å². The highest BCUT2D eigenvalue weighted by molar-refractivity contribution is 5.93. The fourth-order valence-corrected chi connectivity index (χ4v) is 1.96. The molecule has 0 fully saturated rings. The first kappa shape index (κ1) is 10.6. The molecule has 1 aliphatic heterocycles. The van der Waals surface area contributed by atoms with E-state index in [-0.39, 0.29) is 11.1 Å². The van der Waals surface area contributed by atoms with E-state index in [1.54, 1.807) is 13.0 Å². The summed E-state index contributed by atoms with van der Waals surface area (Å²) in [6.45, 7) is 5.62. The number of rotatable bonds is 1. The van der Waals surface area contributed by atoms with Gasteiger partial charge in [0.1, 0.15) is 0 Å². The zero-order chi connectivity index (χ0) is 12.1. The van der Waals surface area contributed by atoms with E-state index >= 15 is 0 Å². The van der Waals surface area contributed by atoms with Gasteiger partial charge in [0.2, 0.25) is 5.69 Å². The fourth-order valence-electron chi connectivity index (χ4n) is 1.96. The number of hydrogen-bond acceptors (Lipinski definition) is 3. The zero-order valence-corrected chi connectivity index (χ0v) is 9.35. The lowest BCUT2D eigenvalue weighted by atomic mass is 9.82. The van der Waals surface area contributed by atoms with Gasteiger partial charge < -0.3 is 5.21 Å². The van der Waals surface area contributed by atoms with Crippen molar-refractivity contribution in [1.29, 1.82) is 0 Å². The molecule has 5 heteroatoms. The predicted molar refractivity (Wildman–Crippen MR) is 60.1 cm³/mol. The third kappa shape index (κ3) is 1.21. The van der Waals surface area contributed by atoms with Gasteiger partial charge in [0.05, 0.1) is 16.4 Å². The number of benzene rings is 1. The van der Waals surface area contributed by atoms with Crippen LogP contribution in [0, 0.1) is 15.3 Å². The van der Waals surface area contributed by atoms with Gasteiger partial charge in [-0.3, -0.25) is 10.1 Å². The fraction of sp³-hybridized carbons (Fsp3) is 0.364. The molecule has 16 heavy (non-hydrogen) atoms. The van der Waals surface area contributed by atoms with Gasteiger partial charge in [-0.25, -0.2) is 0 Å². The largest absolute Gasteiger partial charge is 0.618 e. The maximum Gasteiger partial charge on any atom is 0.276 e. The quantitative estimate of drug-likeness (QED) is 0.316. The van der Waals surface area contributed by atoms with Crippen molar-refractivity contribution in [3.8, 4) is 0 Å². The highest BCUT2D eigenvalue weighted by Gasteiger charge is 2.41. The predicted octanol–water partition coefficient (Wildman–Crippen LogP) is 2.49. The zero-order valence-electron chi connectivity index (χ0n) is 9.35. The second kappa shape index (κ2) is 3.04. The highest BCUT2D eigenvalue weighted by Crippen LogP contribution is 2.40. The Morgan fingerprint density at radius 3 is 2.56 bits per heavy atom. The first-order chi connectivity index (χ1) is 7.35. The average molecular weight is 220 g/mol. The second-order valence-electron chi connectivity index (χ2n) is 4.46. The first-order valence-electron chi connectivity index (χ1n) is 4.96. The third-order valence-electron chi connectivity index (χ3n) is 3.29. The Bertz CT molecular complexity index is 518. The Morgan fingerprint density at radius 2 is 2.00 bits per heavy atom. The molecule has 0 bridgehead atoms. The van der Waals surface area contributed by atoms with Crippen LogP contribution >= 0.6 is 0 Å². The molecular weight excluding hydrogens is 208 g/mol. The topological polar surface area (TPSA) is 69.2 Å². The molecule has 0 atom stereocenters. The van der Waals surface area contributed by atoms with Crippen LogP contribution in [0.3, 0.4) is 0 Å². The van der Waals surface area contributed by atoms with Crippen molar-refractivity contribution in [1.82, 2.24) is 0 Å². The molecule has 0 amide bonds. The van der Waals surface area contributed by atoms with E-state index in [0.717, 1.165) is 10.3 Å². The van der Waals surface area contributed by atoms with E-state index in [0.29, 0.717) is 11.4 Å². The summed E-state index contributed by atoms with van der Waals surface area (Å²) in [6, 6.07) is 4.43. The summed E-state index contributed by atoms with van der Waals surface area (Å²) < 4.78 is 0.780. The van der Waals surface area contributed by atoms with Crippen LogP contribution in [0.25, 0.3) is 0 Å². The summed E-state index contributed by atoms with van der Waals surface area (Å²) in [6.07, 6.45) is 0. The van der Waals surface area contributed by atoms with Crippen LogP contribution in [0.15, 0.2) is 18.2 Å². The van der Waals surface area contributed by atoms with Crippen LogP contribution in [0.4, 0.5) is 11.4 Å². The molecule has 0 unspecified atom stereocenters. The Balaban J connectivity index is 2.68. The van der Waals surface area contributed by atoms with Crippen LogP contribution in [0.2, 0.25) is 0 Å². The molecule has 1 aromatic rings. The molecule has 1 aromatic carbocycles. The standard InChI is InChI=1S/C11H12N2O3/c1-7-11(2,3)9-5-4-8(13(15)16)6-10(9)12(7)14/h4-6H,1-3H3. The lowest BCUT2D eigenvalue weighted by molar-refractivity contribution is -0.387. The summed E-state index contributed by atoms with van der Waals surface area (Å²) in [5.41, 5.74) is 1.47. The van der Waals surface area contributed by atoms with Crippen molar-refractivity contribution >= 4 is 17.1 Å². The smallest absolute Gasteiger partial charge is 0.276 e. The van der Waals surface area contributed by atoms with Crippen molar-refractivity contribution < 1.29 is 9.66 Å². The van der Waals surface area contributed by atoms with E-state index in [9.17, 15) is 15.3 Å². The SMILES string of the molecule is CC1=[N+]([O-])c2cc([N+](=O)[O-])ccc2C1(C)C. The van der Waals surface area contributed by atoms with Crippen LogP contribution in [-0.2, 0) is 5.41 Å². The summed E-state index contributed by atoms with van der Waals surface area (Å²) in [5, 5.41) is 22.5. The number of nitro benzene ring substituents is 1. The molecule has 0 saturated carbocycles. The van der Waals surface area contributed by atoms with Gasteiger partial charge in [-0.2, -0.15) is 4.74 Å². The van der Waals surface area contributed by atoms with Crippen molar-refractivity contribution in [3.05, 3.63) is 39.1 Å². The lowest BCUT2D eigenvalue weighted by Gasteiger charge is -2.14. The Hall–Kier alpha value is -1.91. The third-order valence-corrected chi connectivity index (χ3v) is 3.29. The molecule has 0 spiro atoms. The molecule has 1 heterocycles. The van der Waals surface area contributed by atoms with E-state index in [1.165, 1.54) is 12.1 Å². The number of hydrogen-bond donors (Lipinski definition) is 0. The van der Waals surface area contributed by atoms with Crippen LogP contribution < -0.4 is 0 Å². The maximum absolute atomic E-state index is 11.8. The molecule has 0 aliphatic carbocycles. The molecule has 1 aliphatic rings. The van der Waals surface area contributed by atoms with Gasteiger partial charge in [0.25, 0.3) is 5.69 Å². The first-order valence-corrected chi connectivity index (χ1v) is 4.96. The second-order valence-corrected chi connectivity index (χ2v) is 4.46. The Labute approximate surface area is 92.8 Å². The normalized spacial score (nSPS) is 17.4. The van der Waals surface area contributed by atoms with Gasteiger partial charge in [-0.15, -0.1) is 0 Å². The summed E-state index contributed by atoms with van der Waals surface area (Å²) in [4.78, 5) is 10.1. The Kier molecular flexibility index (Phi) is 2.01. The molecule has 0 aromatic heterocycles. The maximum atomic E-state index is 11.8. The van der Waals surface area contributed by atoms with E-state index in [1.807, 2.05) is 13.8 Å². The molecule has 5 nitrogen and oxygen atoms in total. The van der Waals surface area contributed by atoms with Crippen molar-refractivity contribution in [3.63, 3.8) is 0 Å². The number of non-ortho nitro benzene ring substituents is 1. The van der Waals surface area contributed by atoms with Crippen molar-refractivity contribution in [2.24, 2.45) is 0 Å².